The molecule has 0 amide bonds. The number of nitrogens with zero attached hydrogens (tertiary/aromatic N) is 2. The summed E-state index contributed by atoms with van der Waals surface area (Å²) in [5.41, 5.74) is 14.3. The van der Waals surface area contributed by atoms with Crippen molar-refractivity contribution >= 4 is 0 Å². The summed E-state index contributed by atoms with van der Waals surface area (Å²) < 4.78 is 31.4. The van der Waals surface area contributed by atoms with Crippen LogP contribution in [0.2, 0.25) is 0 Å². The second kappa shape index (κ2) is 12.5. The van der Waals surface area contributed by atoms with E-state index in [-0.39, 0.29) is 12.1 Å². The van der Waals surface area contributed by atoms with Crippen LogP contribution < -0.4 is 29.4 Å². The molecule has 0 unspecified atom stereocenters. The van der Waals surface area contributed by atoms with Crippen LogP contribution in [0.4, 0.5) is 0 Å². The maximum atomic E-state index is 7.03. The molecule has 0 saturated carbocycles. The highest BCUT2D eigenvalue weighted by Gasteiger charge is 2.34. The number of methoxy groups -OCH3 is 3. The Morgan fingerprint density at radius 1 is 0.717 bits per heavy atom. The number of hydrogen-bond donors (Lipinski definition) is 1. The Balaban J connectivity index is 1.47. The molecule has 0 radical (unpaired) electrons. The summed E-state index contributed by atoms with van der Waals surface area (Å²) in [7, 11) is 9.43. The van der Waals surface area contributed by atoms with Gasteiger partial charge in [0.1, 0.15) is 11.5 Å². The van der Waals surface area contributed by atoms with Crippen LogP contribution in [0, 0.1) is 0 Å². The van der Waals surface area contributed by atoms with Gasteiger partial charge in [-0.25, -0.2) is 0 Å². The number of likely N-dealkylation sites (N-methyl/N-ethyl adjacent to an activating group) is 2. The molecule has 46 heavy (non-hydrogen) atoms. The molecule has 8 heteroatoms. The maximum Gasteiger partial charge on any atom is 0.204 e. The molecule has 8 rings (SSSR count). The molecule has 8 nitrogen and oxygen atoms in total. The van der Waals surface area contributed by atoms with E-state index >= 15 is 0 Å². The molecule has 2 N–H and O–H groups in total. The topological polar surface area (TPSA) is 78.6 Å². The van der Waals surface area contributed by atoms with Gasteiger partial charge in [-0.05, 0) is 104 Å². The van der Waals surface area contributed by atoms with E-state index in [1.54, 1.807) is 21.3 Å². The molecule has 4 aliphatic rings. The van der Waals surface area contributed by atoms with Crippen LogP contribution in [0.25, 0.3) is 0 Å². The lowest BCUT2D eigenvalue weighted by atomic mass is 9.87. The summed E-state index contributed by atoms with van der Waals surface area (Å²) in [6, 6.07) is 21.5. The van der Waals surface area contributed by atoms with Crippen molar-refractivity contribution in [1.29, 1.82) is 0 Å². The lowest BCUT2D eigenvalue weighted by molar-refractivity contribution is 0.220. The van der Waals surface area contributed by atoms with Gasteiger partial charge in [-0.3, -0.25) is 9.80 Å². The number of hydrogen-bond acceptors (Lipinski definition) is 8. The Kier molecular flexibility index (Phi) is 8.27. The summed E-state index contributed by atoms with van der Waals surface area (Å²) in [4.78, 5) is 4.82. The van der Waals surface area contributed by atoms with Crippen LogP contribution in [0.1, 0.15) is 51.0 Å². The lowest BCUT2D eigenvalue weighted by Crippen LogP contribution is -2.34. The van der Waals surface area contributed by atoms with Gasteiger partial charge in [-0.15, -0.1) is 0 Å². The third-order valence-corrected chi connectivity index (χ3v) is 9.97. The van der Waals surface area contributed by atoms with E-state index in [9.17, 15) is 0 Å². The maximum absolute atomic E-state index is 7.03. The predicted octanol–water partition coefficient (Wildman–Crippen LogP) is 6.61. The van der Waals surface area contributed by atoms with Crippen LogP contribution >= 0.6 is 0 Å². The van der Waals surface area contributed by atoms with Crippen molar-refractivity contribution in [2.75, 3.05) is 48.5 Å². The summed E-state index contributed by atoms with van der Waals surface area (Å²) >= 11 is 0. The first-order valence-corrected chi connectivity index (χ1v) is 16.1. The normalized spacial score (nSPS) is 19.3. The van der Waals surface area contributed by atoms with Crippen LogP contribution in [0.5, 0.6) is 40.2 Å². The van der Waals surface area contributed by atoms with Gasteiger partial charge in [0.2, 0.25) is 5.75 Å². The molecule has 2 atom stereocenters. The molecule has 4 aliphatic heterocycles. The smallest absolute Gasteiger partial charge is 0.204 e. The highest BCUT2D eigenvalue weighted by atomic mass is 16.5. The van der Waals surface area contributed by atoms with Gasteiger partial charge in [-0.1, -0.05) is 24.3 Å². The van der Waals surface area contributed by atoms with Gasteiger partial charge < -0.3 is 29.4 Å². The van der Waals surface area contributed by atoms with Crippen molar-refractivity contribution < 1.29 is 23.7 Å². The summed E-state index contributed by atoms with van der Waals surface area (Å²) in [6.45, 7) is 2.26. The van der Waals surface area contributed by atoms with Crippen LogP contribution in [-0.2, 0) is 32.2 Å². The largest absolute Gasteiger partial charge is 0.493 e. The number of fused-ring (bicyclic) bond motifs is 2. The SMILES string of the molecule is COc1cc2c3cc1Oc1c(OC)c(OC)cc4c1[C@@H](Cc1ccc(CN)c(c1)Oc1ccc(cc1)C[C@@H]3N(C)CC2)N(C)CC4. The van der Waals surface area contributed by atoms with E-state index in [0.717, 1.165) is 67.0 Å². The Morgan fingerprint density at radius 3 is 2.11 bits per heavy atom. The molecule has 240 valence electrons. The Bertz CT molecular complexity index is 1750. The summed E-state index contributed by atoms with van der Waals surface area (Å²) in [5, 5.41) is 0. The quantitative estimate of drug-likeness (QED) is 0.273. The van der Waals surface area contributed by atoms with Crippen molar-refractivity contribution in [3.63, 3.8) is 0 Å². The minimum Gasteiger partial charge on any atom is -0.493 e. The Morgan fingerprint density at radius 2 is 1.39 bits per heavy atom. The number of ether oxygens (including phenoxy) is 5. The molecule has 0 fully saturated rings. The standard InChI is InChI=1S/C38H43N3O5/c1-40-14-12-25-19-33(42-3)34-21-29(25)30(40)16-23-7-10-28(11-8-23)45-32-18-24(6-9-27(32)22-39)17-31-36-26(13-15-41(31)2)20-35(43-4)37(44-5)38(36)46-34/h6-11,18-21,30-31H,12-17,22,39H2,1-5H3/t30-,31+/m0/s1. The summed E-state index contributed by atoms with van der Waals surface area (Å²) in [6.07, 6.45) is 3.40. The van der Waals surface area contributed by atoms with Crippen molar-refractivity contribution in [3.8, 4) is 40.2 Å². The van der Waals surface area contributed by atoms with E-state index in [4.69, 9.17) is 29.4 Å². The zero-order chi connectivity index (χ0) is 31.9. The molecule has 0 saturated heterocycles. The zero-order valence-corrected chi connectivity index (χ0v) is 27.4. The zero-order valence-electron chi connectivity index (χ0n) is 27.4. The minimum absolute atomic E-state index is 0.0100. The second-order valence-electron chi connectivity index (χ2n) is 12.6. The molecule has 4 heterocycles. The second-order valence-corrected chi connectivity index (χ2v) is 12.6. The van der Waals surface area contributed by atoms with E-state index in [2.05, 4.69) is 84.6 Å². The van der Waals surface area contributed by atoms with Gasteiger partial charge in [0.05, 0.1) is 21.3 Å². The molecular formula is C38H43N3O5. The van der Waals surface area contributed by atoms with Crippen molar-refractivity contribution in [1.82, 2.24) is 9.80 Å². The third-order valence-electron chi connectivity index (χ3n) is 9.97. The third kappa shape index (κ3) is 5.44. The molecule has 4 aromatic rings. The number of rotatable bonds is 4. The first-order valence-electron chi connectivity index (χ1n) is 16.1. The predicted molar refractivity (Wildman–Crippen MR) is 179 cm³/mol. The molecule has 0 aromatic heterocycles. The lowest BCUT2D eigenvalue weighted by Gasteiger charge is -2.37. The van der Waals surface area contributed by atoms with E-state index in [0.29, 0.717) is 35.3 Å². The minimum atomic E-state index is 0.0100. The molecule has 0 aliphatic carbocycles. The Labute approximate surface area is 271 Å². The van der Waals surface area contributed by atoms with Gasteiger partial charge in [0.15, 0.2) is 23.0 Å². The van der Waals surface area contributed by atoms with Crippen molar-refractivity contribution in [2.45, 2.75) is 44.3 Å². The van der Waals surface area contributed by atoms with E-state index in [1.165, 1.54) is 22.3 Å². The van der Waals surface area contributed by atoms with E-state index in [1.807, 2.05) is 0 Å². The first-order chi connectivity index (χ1) is 22.4. The fourth-order valence-corrected chi connectivity index (χ4v) is 7.34. The van der Waals surface area contributed by atoms with Gasteiger partial charge in [0.25, 0.3) is 0 Å². The fraction of sp³-hybridized carbons (Fsp3) is 0.368. The van der Waals surface area contributed by atoms with E-state index < -0.39 is 0 Å². The van der Waals surface area contributed by atoms with Crippen LogP contribution in [-0.4, -0.2) is 58.3 Å². The fourth-order valence-electron chi connectivity index (χ4n) is 7.34. The van der Waals surface area contributed by atoms with Crippen LogP contribution in [0.3, 0.4) is 0 Å². The van der Waals surface area contributed by atoms with Gasteiger partial charge >= 0.3 is 0 Å². The first kappa shape index (κ1) is 30.4. The van der Waals surface area contributed by atoms with Gasteiger partial charge in [0, 0.05) is 42.8 Å². The molecule has 0 spiro atoms. The average Bonchev–Trinajstić information content (AvgIpc) is 3.07. The molecule has 6 bridgehead atoms. The summed E-state index contributed by atoms with van der Waals surface area (Å²) in [5.74, 6) is 4.86. The number of nitrogens with two attached hydrogens (primary N) is 1. The highest BCUT2D eigenvalue weighted by molar-refractivity contribution is 5.63. The molecular weight excluding hydrogens is 578 g/mol. The monoisotopic (exact) mass is 621 g/mol. The van der Waals surface area contributed by atoms with Crippen molar-refractivity contribution in [3.05, 3.63) is 99.6 Å². The van der Waals surface area contributed by atoms with Crippen molar-refractivity contribution in [2.24, 2.45) is 5.73 Å². The van der Waals surface area contributed by atoms with Gasteiger partial charge in [-0.2, -0.15) is 0 Å². The Hall–Kier alpha value is -4.24. The number of benzene rings is 4. The molecule has 4 aromatic carbocycles. The highest BCUT2D eigenvalue weighted by Crippen LogP contribution is 2.51. The average molecular weight is 622 g/mol. The van der Waals surface area contributed by atoms with Crippen LogP contribution in [0.15, 0.2) is 60.7 Å².